The van der Waals surface area contributed by atoms with Crippen LogP contribution in [0.25, 0.3) is 0 Å². The number of benzene rings is 1. The van der Waals surface area contributed by atoms with Crippen LogP contribution in [0.15, 0.2) is 41.4 Å². The van der Waals surface area contributed by atoms with Crippen LogP contribution in [0.3, 0.4) is 0 Å². The first kappa shape index (κ1) is 19.7. The van der Waals surface area contributed by atoms with E-state index in [0.29, 0.717) is 30.2 Å². The number of aliphatic imine (C=N–C) groups is 1. The molecule has 8 heteroatoms. The molecule has 0 aliphatic rings. The number of aryl methyl sites for hydroxylation is 2. The number of thiocarbonyl (C=S) groups is 1. The van der Waals surface area contributed by atoms with Gasteiger partial charge in [-0.15, -0.1) is 0 Å². The molecule has 2 aromatic rings. The third-order valence-corrected chi connectivity index (χ3v) is 3.46. The van der Waals surface area contributed by atoms with Crippen molar-refractivity contribution in [3.8, 4) is 0 Å². The molecule has 0 aliphatic carbocycles. The van der Waals surface area contributed by atoms with Crippen LogP contribution in [0, 0.1) is 13.8 Å². The zero-order chi connectivity index (χ0) is 18.8. The van der Waals surface area contributed by atoms with Gasteiger partial charge in [-0.05, 0) is 50.7 Å². The number of hydrogen-bond donors (Lipinski definition) is 3. The van der Waals surface area contributed by atoms with E-state index in [4.69, 9.17) is 17.0 Å². The molecular formula is C18H24N6OS. The summed E-state index contributed by atoms with van der Waals surface area (Å²) >= 11 is 5.37. The first-order chi connectivity index (χ1) is 12.6. The fourth-order valence-corrected chi connectivity index (χ4v) is 2.40. The number of para-hydroxylation sites is 1. The fraction of sp³-hybridized carbons (Fsp3) is 0.333. The minimum absolute atomic E-state index is 0.429. The largest absolute Gasteiger partial charge is 0.385 e. The summed E-state index contributed by atoms with van der Waals surface area (Å²) in [6, 6.07) is 11.6. The Morgan fingerprint density at radius 1 is 1.12 bits per heavy atom. The summed E-state index contributed by atoms with van der Waals surface area (Å²) in [5, 5.41) is 9.72. The Kier molecular flexibility index (Phi) is 7.91. The van der Waals surface area contributed by atoms with Gasteiger partial charge >= 0.3 is 0 Å². The van der Waals surface area contributed by atoms with E-state index in [2.05, 4.69) is 30.9 Å². The van der Waals surface area contributed by atoms with Gasteiger partial charge in [-0.1, -0.05) is 18.2 Å². The first-order valence-corrected chi connectivity index (χ1v) is 8.73. The zero-order valence-electron chi connectivity index (χ0n) is 15.2. The van der Waals surface area contributed by atoms with Crippen LogP contribution in [0.5, 0.6) is 0 Å². The maximum absolute atomic E-state index is 5.37. The molecule has 0 saturated heterocycles. The number of hydrogen-bond acceptors (Lipinski definition) is 5. The molecule has 3 N–H and O–H groups in total. The minimum Gasteiger partial charge on any atom is -0.385 e. The van der Waals surface area contributed by atoms with Gasteiger partial charge in [-0.3, -0.25) is 10.3 Å². The average Bonchev–Trinajstić information content (AvgIpc) is 2.58. The molecule has 0 saturated carbocycles. The molecule has 0 fully saturated rings. The van der Waals surface area contributed by atoms with Crippen molar-refractivity contribution in [1.82, 2.24) is 15.3 Å². The van der Waals surface area contributed by atoms with Crippen LogP contribution in [-0.2, 0) is 4.74 Å². The Labute approximate surface area is 159 Å². The second-order valence-corrected chi connectivity index (χ2v) is 6.03. The summed E-state index contributed by atoms with van der Waals surface area (Å²) in [4.78, 5) is 13.3. The molecule has 7 nitrogen and oxygen atoms in total. The number of anilines is 2. The van der Waals surface area contributed by atoms with E-state index < -0.39 is 0 Å². The highest BCUT2D eigenvalue weighted by Crippen LogP contribution is 2.06. The highest BCUT2D eigenvalue weighted by atomic mass is 32.1. The van der Waals surface area contributed by atoms with E-state index in [1.165, 1.54) is 0 Å². The molecule has 0 radical (unpaired) electrons. The van der Waals surface area contributed by atoms with Gasteiger partial charge in [-0.2, -0.15) is 0 Å². The van der Waals surface area contributed by atoms with Gasteiger partial charge in [0, 0.05) is 37.3 Å². The van der Waals surface area contributed by atoms with Crippen LogP contribution in [-0.4, -0.2) is 41.3 Å². The Balaban J connectivity index is 2.05. The number of aromatic nitrogens is 2. The Bertz CT molecular complexity index is 730. The molecule has 1 heterocycles. The molecule has 1 aromatic heterocycles. The predicted molar refractivity (Wildman–Crippen MR) is 110 cm³/mol. The summed E-state index contributed by atoms with van der Waals surface area (Å²) in [7, 11) is 1.67. The van der Waals surface area contributed by atoms with Crippen molar-refractivity contribution in [1.29, 1.82) is 0 Å². The molecule has 0 aliphatic heterocycles. The molecule has 0 amide bonds. The summed E-state index contributed by atoms with van der Waals surface area (Å²) in [5.41, 5.74) is 2.65. The molecule has 138 valence electrons. The van der Waals surface area contributed by atoms with Crippen LogP contribution in [0.2, 0.25) is 0 Å². The average molecular weight is 372 g/mol. The van der Waals surface area contributed by atoms with Crippen LogP contribution < -0.4 is 16.0 Å². The van der Waals surface area contributed by atoms with Gasteiger partial charge in [0.1, 0.15) is 0 Å². The van der Waals surface area contributed by atoms with Gasteiger partial charge in [0.25, 0.3) is 0 Å². The zero-order valence-corrected chi connectivity index (χ0v) is 16.1. The summed E-state index contributed by atoms with van der Waals surface area (Å²) in [5.74, 6) is 0.961. The van der Waals surface area contributed by atoms with Crippen molar-refractivity contribution in [2.24, 2.45) is 4.99 Å². The molecule has 0 atom stereocenters. The maximum Gasteiger partial charge on any atom is 0.229 e. The summed E-state index contributed by atoms with van der Waals surface area (Å²) < 4.78 is 5.06. The van der Waals surface area contributed by atoms with Crippen LogP contribution in [0.4, 0.5) is 11.6 Å². The lowest BCUT2D eigenvalue weighted by Gasteiger charge is -2.14. The van der Waals surface area contributed by atoms with Crippen molar-refractivity contribution in [2.45, 2.75) is 20.3 Å². The van der Waals surface area contributed by atoms with Crippen molar-refractivity contribution >= 4 is 34.9 Å². The minimum atomic E-state index is 0.429. The number of ether oxygens (including phenoxy) is 1. The molecule has 1 aromatic carbocycles. The lowest BCUT2D eigenvalue weighted by atomic mass is 10.3. The number of methoxy groups -OCH3 is 1. The maximum atomic E-state index is 5.37. The standard InChI is InChI=1S/C18H24N6OS/c1-13-12-14(2)21-17(20-13)23-16(19-10-7-11-25-3)24-18(26)22-15-8-5-4-6-9-15/h4-6,8-9,12H,7,10-11H2,1-3H3,(H3,19,20,21,22,23,24,26). The SMILES string of the molecule is COCCCN=C(NC(=S)Nc1ccccc1)Nc1nc(C)cc(C)n1. The second-order valence-electron chi connectivity index (χ2n) is 5.62. The molecule has 2 rings (SSSR count). The van der Waals surface area contributed by atoms with Gasteiger partial charge < -0.3 is 15.4 Å². The van der Waals surface area contributed by atoms with E-state index in [0.717, 1.165) is 23.5 Å². The first-order valence-electron chi connectivity index (χ1n) is 8.32. The molecule has 0 bridgehead atoms. The normalized spacial score (nSPS) is 11.1. The lowest BCUT2D eigenvalue weighted by Crippen LogP contribution is -2.39. The summed E-state index contributed by atoms with van der Waals surface area (Å²) in [6.45, 7) is 5.07. The second kappa shape index (κ2) is 10.4. The third-order valence-electron chi connectivity index (χ3n) is 3.25. The number of guanidine groups is 1. The van der Waals surface area contributed by atoms with Gasteiger partial charge in [0.15, 0.2) is 5.11 Å². The van der Waals surface area contributed by atoms with E-state index in [1.54, 1.807) is 7.11 Å². The van der Waals surface area contributed by atoms with Gasteiger partial charge in [0.05, 0.1) is 0 Å². The topological polar surface area (TPSA) is 83.5 Å². The number of nitrogens with one attached hydrogen (secondary N) is 3. The molecule has 26 heavy (non-hydrogen) atoms. The molecule has 0 spiro atoms. The monoisotopic (exact) mass is 372 g/mol. The predicted octanol–water partition coefficient (Wildman–Crippen LogP) is 2.88. The molecular weight excluding hydrogens is 348 g/mol. The van der Waals surface area contributed by atoms with Crippen molar-refractivity contribution in [3.63, 3.8) is 0 Å². The Morgan fingerprint density at radius 3 is 2.46 bits per heavy atom. The van der Waals surface area contributed by atoms with Crippen molar-refractivity contribution in [3.05, 3.63) is 47.8 Å². The molecule has 0 unspecified atom stereocenters. The van der Waals surface area contributed by atoms with Crippen LogP contribution >= 0.6 is 12.2 Å². The number of rotatable bonds is 6. The van der Waals surface area contributed by atoms with Gasteiger partial charge in [0.2, 0.25) is 11.9 Å². The van der Waals surface area contributed by atoms with E-state index in [-0.39, 0.29) is 0 Å². The van der Waals surface area contributed by atoms with Crippen molar-refractivity contribution < 1.29 is 4.74 Å². The van der Waals surface area contributed by atoms with Crippen LogP contribution in [0.1, 0.15) is 17.8 Å². The Hall–Kier alpha value is -2.58. The van der Waals surface area contributed by atoms with Crippen molar-refractivity contribution in [2.75, 3.05) is 30.9 Å². The van der Waals surface area contributed by atoms with E-state index in [1.807, 2.05) is 50.2 Å². The van der Waals surface area contributed by atoms with E-state index >= 15 is 0 Å². The van der Waals surface area contributed by atoms with Gasteiger partial charge in [-0.25, -0.2) is 9.97 Å². The highest BCUT2D eigenvalue weighted by Gasteiger charge is 2.07. The number of nitrogens with zero attached hydrogens (tertiary/aromatic N) is 3. The van der Waals surface area contributed by atoms with E-state index in [9.17, 15) is 0 Å². The highest BCUT2D eigenvalue weighted by molar-refractivity contribution is 7.80. The summed E-state index contributed by atoms with van der Waals surface area (Å²) in [6.07, 6.45) is 0.802. The smallest absolute Gasteiger partial charge is 0.229 e. The quantitative estimate of drug-likeness (QED) is 0.311. The Morgan fingerprint density at radius 2 is 1.81 bits per heavy atom. The third kappa shape index (κ3) is 7.12. The lowest BCUT2D eigenvalue weighted by molar-refractivity contribution is 0.197. The fourth-order valence-electron chi connectivity index (χ4n) is 2.19.